The SMILES string of the molecule is C[C@H]1Cc2ccccc2N1C(=O)COc1ncnc2ccc(Br)cc12. The molecule has 1 aromatic heterocycles. The largest absolute Gasteiger partial charge is 0.467 e. The number of aromatic nitrogens is 2. The summed E-state index contributed by atoms with van der Waals surface area (Å²) in [5.74, 6) is 0.346. The van der Waals surface area contributed by atoms with E-state index in [1.54, 1.807) is 0 Å². The van der Waals surface area contributed by atoms with Crippen molar-refractivity contribution in [1.29, 1.82) is 0 Å². The molecule has 0 aliphatic carbocycles. The molecule has 0 saturated heterocycles. The molecule has 2 aromatic carbocycles. The molecule has 6 heteroatoms. The van der Waals surface area contributed by atoms with E-state index >= 15 is 0 Å². The first-order valence-corrected chi connectivity index (χ1v) is 8.86. The van der Waals surface area contributed by atoms with Crippen LogP contribution in [0.2, 0.25) is 0 Å². The second-order valence-electron chi connectivity index (χ2n) is 6.07. The number of benzene rings is 2. The van der Waals surface area contributed by atoms with Crippen LogP contribution in [0, 0.1) is 0 Å². The van der Waals surface area contributed by atoms with Gasteiger partial charge in [0.2, 0.25) is 5.88 Å². The highest BCUT2D eigenvalue weighted by atomic mass is 79.9. The van der Waals surface area contributed by atoms with E-state index in [1.807, 2.05) is 41.3 Å². The van der Waals surface area contributed by atoms with Crippen LogP contribution in [0.25, 0.3) is 10.9 Å². The predicted octanol–water partition coefficient (Wildman–Crippen LogP) is 3.75. The second-order valence-corrected chi connectivity index (χ2v) is 6.99. The molecule has 4 rings (SSSR count). The quantitative estimate of drug-likeness (QED) is 0.675. The van der Waals surface area contributed by atoms with Crippen LogP contribution >= 0.6 is 15.9 Å². The Balaban J connectivity index is 1.56. The lowest BCUT2D eigenvalue weighted by Crippen LogP contribution is -2.39. The van der Waals surface area contributed by atoms with E-state index in [-0.39, 0.29) is 18.6 Å². The van der Waals surface area contributed by atoms with Crippen LogP contribution in [0.5, 0.6) is 5.88 Å². The van der Waals surface area contributed by atoms with Crippen LogP contribution in [-0.4, -0.2) is 28.5 Å². The van der Waals surface area contributed by atoms with Gasteiger partial charge < -0.3 is 9.64 Å². The zero-order valence-corrected chi connectivity index (χ0v) is 15.2. The van der Waals surface area contributed by atoms with Gasteiger partial charge in [0.1, 0.15) is 6.33 Å². The fourth-order valence-electron chi connectivity index (χ4n) is 3.27. The Bertz CT molecular complexity index is 960. The zero-order valence-electron chi connectivity index (χ0n) is 13.6. The number of carbonyl (C=O) groups excluding carboxylic acids is 1. The topological polar surface area (TPSA) is 55.3 Å². The Hall–Kier alpha value is -2.47. The lowest BCUT2D eigenvalue weighted by Gasteiger charge is -2.22. The molecular formula is C19H16BrN3O2. The maximum absolute atomic E-state index is 12.7. The van der Waals surface area contributed by atoms with Crippen molar-refractivity contribution in [2.45, 2.75) is 19.4 Å². The summed E-state index contributed by atoms with van der Waals surface area (Å²) >= 11 is 3.44. The molecule has 0 unspecified atom stereocenters. The molecule has 126 valence electrons. The minimum absolute atomic E-state index is 0.0582. The van der Waals surface area contributed by atoms with Crippen molar-refractivity contribution >= 4 is 38.4 Å². The van der Waals surface area contributed by atoms with Crippen LogP contribution in [0.15, 0.2) is 53.3 Å². The summed E-state index contributed by atoms with van der Waals surface area (Å²) < 4.78 is 6.66. The number of carbonyl (C=O) groups is 1. The van der Waals surface area contributed by atoms with Gasteiger partial charge >= 0.3 is 0 Å². The molecule has 0 spiro atoms. The first-order chi connectivity index (χ1) is 12.1. The third-order valence-corrected chi connectivity index (χ3v) is 4.86. The molecule has 25 heavy (non-hydrogen) atoms. The van der Waals surface area contributed by atoms with Crippen molar-refractivity contribution in [3.63, 3.8) is 0 Å². The molecule has 0 saturated carbocycles. The van der Waals surface area contributed by atoms with E-state index in [4.69, 9.17) is 4.74 Å². The van der Waals surface area contributed by atoms with Gasteiger partial charge in [-0.25, -0.2) is 9.97 Å². The Kier molecular flexibility index (Phi) is 4.13. The molecule has 1 aliphatic heterocycles. The molecule has 0 bridgehead atoms. The first-order valence-electron chi connectivity index (χ1n) is 8.06. The fourth-order valence-corrected chi connectivity index (χ4v) is 3.63. The Morgan fingerprint density at radius 3 is 3.00 bits per heavy atom. The highest BCUT2D eigenvalue weighted by Gasteiger charge is 2.30. The average molecular weight is 398 g/mol. The summed E-state index contributed by atoms with van der Waals surface area (Å²) in [5.41, 5.74) is 2.94. The molecule has 5 nitrogen and oxygen atoms in total. The molecule has 3 aromatic rings. The van der Waals surface area contributed by atoms with Crippen molar-refractivity contribution < 1.29 is 9.53 Å². The van der Waals surface area contributed by atoms with E-state index in [0.29, 0.717) is 5.88 Å². The van der Waals surface area contributed by atoms with Gasteiger partial charge in [0.05, 0.1) is 10.9 Å². The number of nitrogens with zero attached hydrogens (tertiary/aromatic N) is 3. The highest BCUT2D eigenvalue weighted by molar-refractivity contribution is 9.10. The van der Waals surface area contributed by atoms with Crippen molar-refractivity contribution in [3.8, 4) is 5.88 Å². The molecular weight excluding hydrogens is 382 g/mol. The van der Waals surface area contributed by atoms with Crippen LogP contribution in [0.1, 0.15) is 12.5 Å². The van der Waals surface area contributed by atoms with E-state index in [2.05, 4.69) is 38.9 Å². The molecule has 0 N–H and O–H groups in total. The minimum Gasteiger partial charge on any atom is -0.467 e. The van der Waals surface area contributed by atoms with E-state index in [9.17, 15) is 4.79 Å². The fraction of sp³-hybridized carbons (Fsp3) is 0.211. The zero-order chi connectivity index (χ0) is 17.4. The minimum atomic E-state index is -0.0702. The lowest BCUT2D eigenvalue weighted by molar-refractivity contribution is -0.120. The summed E-state index contributed by atoms with van der Waals surface area (Å²) in [5, 5.41) is 0.777. The van der Waals surface area contributed by atoms with Gasteiger partial charge in [0.25, 0.3) is 5.91 Å². The van der Waals surface area contributed by atoms with Gasteiger partial charge in [-0.05, 0) is 43.2 Å². The van der Waals surface area contributed by atoms with E-state index < -0.39 is 0 Å². The number of halogens is 1. The van der Waals surface area contributed by atoms with Gasteiger partial charge in [-0.2, -0.15) is 0 Å². The Morgan fingerprint density at radius 2 is 2.12 bits per heavy atom. The summed E-state index contributed by atoms with van der Waals surface area (Å²) in [7, 11) is 0. The highest BCUT2D eigenvalue weighted by Crippen LogP contribution is 2.32. The first kappa shape index (κ1) is 16.0. The number of hydrogen-bond acceptors (Lipinski definition) is 4. The van der Waals surface area contributed by atoms with Crippen LogP contribution in [0.4, 0.5) is 5.69 Å². The van der Waals surface area contributed by atoms with Crippen molar-refractivity contribution in [1.82, 2.24) is 9.97 Å². The molecule has 0 radical (unpaired) electrons. The average Bonchev–Trinajstić information content (AvgIpc) is 2.95. The second kappa shape index (κ2) is 6.44. The maximum atomic E-state index is 12.7. The predicted molar refractivity (Wildman–Crippen MR) is 99.8 cm³/mol. The van der Waals surface area contributed by atoms with Crippen molar-refractivity contribution in [2.75, 3.05) is 11.5 Å². The smallest absolute Gasteiger partial charge is 0.265 e. The van der Waals surface area contributed by atoms with Gasteiger partial charge in [0.15, 0.2) is 6.61 Å². The van der Waals surface area contributed by atoms with E-state index in [1.165, 1.54) is 11.9 Å². The number of rotatable bonds is 3. The Labute approximate surface area is 153 Å². The molecule has 1 atom stereocenters. The van der Waals surface area contributed by atoms with E-state index in [0.717, 1.165) is 27.5 Å². The van der Waals surface area contributed by atoms with Gasteiger partial charge in [-0.15, -0.1) is 0 Å². The van der Waals surface area contributed by atoms with Crippen molar-refractivity contribution in [3.05, 3.63) is 58.8 Å². The third kappa shape index (κ3) is 2.98. The van der Waals surface area contributed by atoms with Crippen molar-refractivity contribution in [2.24, 2.45) is 0 Å². The lowest BCUT2D eigenvalue weighted by atomic mass is 10.1. The van der Waals surface area contributed by atoms with Gasteiger partial charge in [-0.3, -0.25) is 4.79 Å². The Morgan fingerprint density at radius 1 is 1.28 bits per heavy atom. The monoisotopic (exact) mass is 397 g/mol. The van der Waals surface area contributed by atoms with Gasteiger partial charge in [0, 0.05) is 16.2 Å². The van der Waals surface area contributed by atoms with Crippen LogP contribution in [-0.2, 0) is 11.2 Å². The number of fused-ring (bicyclic) bond motifs is 2. The molecule has 2 heterocycles. The normalized spacial score (nSPS) is 16.1. The summed E-state index contributed by atoms with van der Waals surface area (Å²) in [4.78, 5) is 23.0. The van der Waals surface area contributed by atoms with Gasteiger partial charge in [-0.1, -0.05) is 34.1 Å². The number of para-hydroxylation sites is 1. The number of amides is 1. The number of anilines is 1. The maximum Gasteiger partial charge on any atom is 0.265 e. The summed E-state index contributed by atoms with van der Waals surface area (Å²) in [6.45, 7) is 1.99. The summed E-state index contributed by atoms with van der Waals surface area (Å²) in [6, 6.07) is 13.8. The standard InChI is InChI=1S/C19H16BrN3O2/c1-12-8-13-4-2-3-5-17(13)23(12)18(24)10-25-19-15-9-14(20)6-7-16(15)21-11-22-19/h2-7,9,11-12H,8,10H2,1H3/t12-/m0/s1. The summed E-state index contributed by atoms with van der Waals surface area (Å²) in [6.07, 6.45) is 2.31. The number of ether oxygens (including phenoxy) is 1. The third-order valence-electron chi connectivity index (χ3n) is 4.37. The molecule has 0 fully saturated rings. The molecule has 1 amide bonds. The van der Waals surface area contributed by atoms with Crippen LogP contribution < -0.4 is 9.64 Å². The van der Waals surface area contributed by atoms with Crippen LogP contribution in [0.3, 0.4) is 0 Å². The molecule has 1 aliphatic rings. The number of hydrogen-bond donors (Lipinski definition) is 0.